The topological polar surface area (TPSA) is 0 Å². The third-order valence-corrected chi connectivity index (χ3v) is 11.8. The largest absolute Gasteiger partial charge is 0.206 e. The Hall–Kier alpha value is -1.62. The molecule has 2 aliphatic rings. The molecule has 0 unspecified atom stereocenters. The van der Waals surface area contributed by atoms with E-state index in [4.69, 9.17) is 0 Å². The Morgan fingerprint density at radius 3 is 1.97 bits per heavy atom. The molecule has 0 N–H and O–H groups in total. The molecule has 33 heavy (non-hydrogen) atoms. The van der Waals surface area contributed by atoms with E-state index >= 15 is 0 Å². The Balaban J connectivity index is 1.34. The number of halogens is 4. The van der Waals surface area contributed by atoms with Crippen LogP contribution in [0.2, 0.25) is 18.1 Å². The average Bonchev–Trinajstić information content (AvgIpc) is 2.82. The van der Waals surface area contributed by atoms with Crippen molar-refractivity contribution in [1.29, 1.82) is 0 Å². The van der Waals surface area contributed by atoms with Crippen molar-refractivity contribution >= 4 is 8.80 Å². The summed E-state index contributed by atoms with van der Waals surface area (Å²) in [6, 6.07) is 10.3. The summed E-state index contributed by atoms with van der Waals surface area (Å²) >= 11 is 0. The molecule has 0 nitrogen and oxygen atoms in total. The molecule has 1 aliphatic carbocycles. The molecule has 0 radical (unpaired) electrons. The van der Waals surface area contributed by atoms with Crippen molar-refractivity contribution in [2.24, 2.45) is 11.8 Å². The molecule has 0 aromatic heterocycles. The Morgan fingerprint density at radius 2 is 1.36 bits per heavy atom. The minimum absolute atomic E-state index is 0.0213. The molecule has 0 spiro atoms. The predicted octanol–water partition coefficient (Wildman–Crippen LogP) is 9.01. The first kappa shape index (κ1) is 24.5. The van der Waals surface area contributed by atoms with Crippen LogP contribution >= 0.6 is 0 Å². The van der Waals surface area contributed by atoms with Crippen LogP contribution in [-0.4, -0.2) is 8.80 Å². The minimum Gasteiger partial charge on any atom is -0.206 e. The predicted molar refractivity (Wildman–Crippen MR) is 130 cm³/mol. The van der Waals surface area contributed by atoms with Gasteiger partial charge in [0.1, 0.15) is 11.6 Å². The maximum Gasteiger partial charge on any atom is 0.159 e. The molecule has 180 valence electrons. The van der Waals surface area contributed by atoms with Gasteiger partial charge >= 0.3 is 0 Å². The molecule has 2 fully saturated rings. The van der Waals surface area contributed by atoms with Gasteiger partial charge in [-0.25, -0.2) is 17.6 Å². The van der Waals surface area contributed by atoms with Gasteiger partial charge in [0, 0.05) is 8.80 Å². The van der Waals surface area contributed by atoms with Gasteiger partial charge in [-0.3, -0.25) is 0 Å². The molecule has 1 saturated heterocycles. The lowest BCUT2D eigenvalue weighted by atomic mass is 9.72. The number of hydrogen-bond donors (Lipinski definition) is 0. The SMILES string of the molecule is CCCCC[SiH]1CCC([C@H]2CC[C@H](c3cc(F)c(-c4ccc(F)c(F)c4)c(F)c3)CC2)CC1. The normalized spacial score (nSPS) is 25.8. The second kappa shape index (κ2) is 11.2. The highest BCUT2D eigenvalue weighted by molar-refractivity contribution is 6.58. The van der Waals surface area contributed by atoms with Gasteiger partial charge < -0.3 is 0 Å². The van der Waals surface area contributed by atoms with E-state index in [-0.39, 0.29) is 17.0 Å². The standard InChI is InChI=1S/C28H36F4Si/c1-2-3-4-13-33-14-11-21(12-15-33)19-5-7-20(8-6-19)23-17-26(31)28(27(32)18-23)22-9-10-24(29)25(30)16-22/h9-10,16-21,33H,2-8,11-15H2,1H3/t19-,20-,21?,33?. The van der Waals surface area contributed by atoms with Crippen LogP contribution in [-0.2, 0) is 0 Å². The fraction of sp³-hybridized carbons (Fsp3) is 0.571. The first-order valence-corrected chi connectivity index (χ1v) is 15.4. The zero-order valence-electron chi connectivity index (χ0n) is 19.7. The van der Waals surface area contributed by atoms with E-state index in [1.54, 1.807) is 0 Å². The average molecular weight is 477 g/mol. The highest BCUT2D eigenvalue weighted by Gasteiger charge is 2.32. The molecule has 5 heteroatoms. The molecule has 0 bridgehead atoms. The van der Waals surface area contributed by atoms with Crippen LogP contribution in [0.4, 0.5) is 17.6 Å². The summed E-state index contributed by atoms with van der Waals surface area (Å²) in [6.07, 6.45) is 11.2. The zero-order chi connectivity index (χ0) is 23.4. The van der Waals surface area contributed by atoms with Crippen LogP contribution in [0.5, 0.6) is 0 Å². The van der Waals surface area contributed by atoms with E-state index in [1.807, 2.05) is 0 Å². The summed E-state index contributed by atoms with van der Waals surface area (Å²) in [4.78, 5) is 0. The molecular weight excluding hydrogens is 440 g/mol. The van der Waals surface area contributed by atoms with Gasteiger partial charge in [0.2, 0.25) is 0 Å². The summed E-state index contributed by atoms with van der Waals surface area (Å²) in [7, 11) is -0.488. The van der Waals surface area contributed by atoms with Crippen LogP contribution in [0.1, 0.15) is 76.2 Å². The number of unbranched alkanes of at least 4 members (excludes halogenated alkanes) is 2. The van der Waals surface area contributed by atoms with E-state index < -0.39 is 32.1 Å². The van der Waals surface area contributed by atoms with Crippen molar-refractivity contribution in [1.82, 2.24) is 0 Å². The Bertz CT molecular complexity index is 904. The maximum atomic E-state index is 14.8. The van der Waals surface area contributed by atoms with Crippen LogP contribution < -0.4 is 0 Å². The van der Waals surface area contributed by atoms with Gasteiger partial charge in [0.15, 0.2) is 11.6 Å². The number of rotatable bonds is 7. The summed E-state index contributed by atoms with van der Waals surface area (Å²) < 4.78 is 56.5. The van der Waals surface area contributed by atoms with Crippen molar-refractivity contribution < 1.29 is 17.6 Å². The van der Waals surface area contributed by atoms with Crippen molar-refractivity contribution in [2.75, 3.05) is 0 Å². The van der Waals surface area contributed by atoms with Crippen LogP contribution in [0, 0.1) is 35.1 Å². The van der Waals surface area contributed by atoms with Gasteiger partial charge in [-0.05, 0) is 78.8 Å². The van der Waals surface area contributed by atoms with Gasteiger partial charge in [-0.15, -0.1) is 0 Å². The highest BCUT2D eigenvalue weighted by Crippen LogP contribution is 2.44. The maximum absolute atomic E-state index is 14.8. The monoisotopic (exact) mass is 476 g/mol. The van der Waals surface area contributed by atoms with Gasteiger partial charge in [0.25, 0.3) is 0 Å². The van der Waals surface area contributed by atoms with Crippen molar-refractivity contribution in [3.05, 3.63) is 59.2 Å². The third-order valence-electron chi connectivity index (χ3n) is 8.29. The fourth-order valence-corrected chi connectivity index (χ4v) is 9.84. The summed E-state index contributed by atoms with van der Waals surface area (Å²) in [5, 5.41) is 0. The van der Waals surface area contributed by atoms with Crippen molar-refractivity contribution in [3.63, 3.8) is 0 Å². The van der Waals surface area contributed by atoms with E-state index in [2.05, 4.69) is 6.92 Å². The Kier molecular flexibility index (Phi) is 8.32. The molecule has 4 rings (SSSR count). The molecule has 2 aromatic carbocycles. The lowest BCUT2D eigenvalue weighted by molar-refractivity contribution is 0.216. The highest BCUT2D eigenvalue weighted by atomic mass is 28.3. The van der Waals surface area contributed by atoms with Crippen molar-refractivity contribution in [2.45, 2.75) is 88.8 Å². The Morgan fingerprint density at radius 1 is 0.727 bits per heavy atom. The molecule has 1 saturated carbocycles. The Labute approximate surface area is 197 Å². The van der Waals surface area contributed by atoms with Gasteiger partial charge in [-0.2, -0.15) is 0 Å². The zero-order valence-corrected chi connectivity index (χ0v) is 20.8. The third kappa shape index (κ3) is 5.90. The molecule has 2 aromatic rings. The van der Waals surface area contributed by atoms with E-state index in [0.29, 0.717) is 5.56 Å². The molecule has 1 heterocycles. The smallest absolute Gasteiger partial charge is 0.159 e. The van der Waals surface area contributed by atoms with Crippen LogP contribution in [0.3, 0.4) is 0 Å². The minimum atomic E-state index is -1.11. The fourth-order valence-electron chi connectivity index (χ4n) is 6.31. The lowest BCUT2D eigenvalue weighted by Gasteiger charge is -2.37. The number of benzene rings is 2. The first-order chi connectivity index (χ1) is 16.0. The molecule has 1 aliphatic heterocycles. The molecule has 0 atom stereocenters. The van der Waals surface area contributed by atoms with Gasteiger partial charge in [-0.1, -0.05) is 63.2 Å². The lowest BCUT2D eigenvalue weighted by Crippen LogP contribution is -2.28. The second-order valence-corrected chi connectivity index (χ2v) is 13.8. The van der Waals surface area contributed by atoms with E-state index in [9.17, 15) is 17.6 Å². The second-order valence-electron chi connectivity index (χ2n) is 10.4. The van der Waals surface area contributed by atoms with E-state index in [1.165, 1.54) is 68.4 Å². The summed E-state index contributed by atoms with van der Waals surface area (Å²) in [5.74, 6) is -1.75. The van der Waals surface area contributed by atoms with Crippen LogP contribution in [0.15, 0.2) is 30.3 Å². The molecule has 0 amide bonds. The molecular formula is C28H36F4Si. The van der Waals surface area contributed by atoms with Crippen molar-refractivity contribution in [3.8, 4) is 11.1 Å². The summed E-state index contributed by atoms with van der Waals surface area (Å²) in [5.41, 5.74) is 0.432. The van der Waals surface area contributed by atoms with Gasteiger partial charge in [0.05, 0.1) is 5.56 Å². The number of hydrogen-bond acceptors (Lipinski definition) is 0. The first-order valence-electron chi connectivity index (χ1n) is 12.9. The van der Waals surface area contributed by atoms with E-state index in [0.717, 1.165) is 49.7 Å². The summed E-state index contributed by atoms with van der Waals surface area (Å²) in [6.45, 7) is 2.28. The quantitative estimate of drug-likeness (QED) is 0.212. The van der Waals surface area contributed by atoms with Crippen LogP contribution in [0.25, 0.3) is 11.1 Å².